The molecule has 11 heteroatoms. The lowest BCUT2D eigenvalue weighted by Gasteiger charge is -2.11. The van der Waals surface area contributed by atoms with Crippen molar-refractivity contribution in [1.82, 2.24) is 15.2 Å². The van der Waals surface area contributed by atoms with E-state index in [4.69, 9.17) is 4.74 Å². The van der Waals surface area contributed by atoms with Gasteiger partial charge in [0.05, 0.1) is 12.0 Å². The van der Waals surface area contributed by atoms with Gasteiger partial charge in [0.25, 0.3) is 10.0 Å². The second-order valence-electron chi connectivity index (χ2n) is 6.03. The molecule has 0 saturated heterocycles. The van der Waals surface area contributed by atoms with E-state index in [9.17, 15) is 13.2 Å². The number of esters is 1. The van der Waals surface area contributed by atoms with Crippen LogP contribution in [-0.2, 0) is 14.8 Å². The van der Waals surface area contributed by atoms with Gasteiger partial charge < -0.3 is 10.1 Å². The van der Waals surface area contributed by atoms with Crippen LogP contribution < -0.4 is 10.0 Å². The van der Waals surface area contributed by atoms with Crippen molar-refractivity contribution in [3.05, 3.63) is 65.8 Å². The van der Waals surface area contributed by atoms with Crippen molar-refractivity contribution in [3.63, 3.8) is 0 Å². The van der Waals surface area contributed by atoms with E-state index in [1.165, 1.54) is 36.8 Å². The number of nitrogens with one attached hydrogen (secondary N) is 2. The van der Waals surface area contributed by atoms with Crippen LogP contribution in [0.25, 0.3) is 10.8 Å². The molecule has 2 aromatic heterocycles. The van der Waals surface area contributed by atoms with E-state index in [0.29, 0.717) is 27.4 Å². The van der Waals surface area contributed by atoms with Crippen molar-refractivity contribution >= 4 is 54.7 Å². The Bertz CT molecular complexity index is 1310. The first-order valence-corrected chi connectivity index (χ1v) is 11.0. The number of methoxy groups -OCH3 is 1. The van der Waals surface area contributed by atoms with E-state index in [1.54, 1.807) is 35.7 Å². The van der Waals surface area contributed by atoms with Gasteiger partial charge in [0.15, 0.2) is 16.6 Å². The number of nitrogens with zero attached hydrogens (tertiary/aromatic N) is 3. The third-order valence-electron chi connectivity index (χ3n) is 4.15. The zero-order valence-corrected chi connectivity index (χ0v) is 17.2. The van der Waals surface area contributed by atoms with Gasteiger partial charge in [-0.1, -0.05) is 24.3 Å². The normalized spacial score (nSPS) is 11.2. The molecule has 4 rings (SSSR count). The molecular weight excluding hydrogens is 426 g/mol. The molecule has 9 nitrogen and oxygen atoms in total. The summed E-state index contributed by atoms with van der Waals surface area (Å²) in [4.78, 5) is 16.0. The van der Waals surface area contributed by atoms with Crippen LogP contribution >= 0.6 is 11.3 Å². The summed E-state index contributed by atoms with van der Waals surface area (Å²) in [7, 11) is -2.45. The average Bonchev–Trinajstić information content (AvgIpc) is 3.26. The topological polar surface area (TPSA) is 123 Å². The molecule has 0 bridgehead atoms. The van der Waals surface area contributed by atoms with Gasteiger partial charge in [0.1, 0.15) is 0 Å². The van der Waals surface area contributed by atoms with E-state index in [1.807, 2.05) is 6.07 Å². The molecule has 0 fully saturated rings. The van der Waals surface area contributed by atoms with Crippen molar-refractivity contribution in [1.29, 1.82) is 0 Å². The van der Waals surface area contributed by atoms with Crippen molar-refractivity contribution in [2.75, 3.05) is 17.1 Å². The summed E-state index contributed by atoms with van der Waals surface area (Å²) in [6.07, 6.45) is 1.52. The molecule has 2 N–H and O–H groups in total. The summed E-state index contributed by atoms with van der Waals surface area (Å²) in [6.45, 7) is 0. The predicted octanol–water partition coefficient (Wildman–Crippen LogP) is 3.42. The van der Waals surface area contributed by atoms with Crippen LogP contribution in [0, 0.1) is 0 Å². The third-order valence-corrected chi connectivity index (χ3v) is 6.32. The Morgan fingerprint density at radius 3 is 2.43 bits per heavy atom. The van der Waals surface area contributed by atoms with Gasteiger partial charge in [-0.3, -0.25) is 4.72 Å². The van der Waals surface area contributed by atoms with Gasteiger partial charge in [-0.25, -0.2) is 18.2 Å². The number of fused-ring (bicyclic) bond motifs is 1. The van der Waals surface area contributed by atoms with Crippen LogP contribution in [0.2, 0.25) is 0 Å². The molecule has 30 heavy (non-hydrogen) atoms. The fourth-order valence-electron chi connectivity index (χ4n) is 2.75. The summed E-state index contributed by atoms with van der Waals surface area (Å²) in [6, 6.07) is 13.3. The Hall–Kier alpha value is -3.57. The minimum Gasteiger partial charge on any atom is -0.464 e. The lowest BCUT2D eigenvalue weighted by Crippen LogP contribution is -2.12. The predicted molar refractivity (Wildman–Crippen MR) is 114 cm³/mol. The quantitative estimate of drug-likeness (QED) is 0.436. The molecule has 0 atom stereocenters. The SMILES string of the molecule is COC(=O)c1nnc(Nc2ccc(S(=O)(=O)Nc3nccs3)cc2)c2ccccc12. The van der Waals surface area contributed by atoms with Gasteiger partial charge in [-0.15, -0.1) is 21.5 Å². The van der Waals surface area contributed by atoms with Gasteiger partial charge in [0.2, 0.25) is 0 Å². The highest BCUT2D eigenvalue weighted by molar-refractivity contribution is 7.93. The van der Waals surface area contributed by atoms with Crippen LogP contribution in [0.4, 0.5) is 16.6 Å². The molecule has 2 aromatic carbocycles. The summed E-state index contributed by atoms with van der Waals surface area (Å²) in [5.41, 5.74) is 0.724. The number of thiazole rings is 1. The first-order chi connectivity index (χ1) is 14.5. The van der Waals surface area contributed by atoms with Gasteiger partial charge in [-0.05, 0) is 24.3 Å². The minimum atomic E-state index is -3.73. The van der Waals surface area contributed by atoms with Crippen LogP contribution in [0.15, 0.2) is 65.0 Å². The van der Waals surface area contributed by atoms with Gasteiger partial charge in [0, 0.05) is 28.0 Å². The maximum Gasteiger partial charge on any atom is 0.359 e. The van der Waals surface area contributed by atoms with Crippen LogP contribution in [0.5, 0.6) is 0 Å². The highest BCUT2D eigenvalue weighted by Crippen LogP contribution is 2.27. The number of anilines is 3. The maximum absolute atomic E-state index is 12.4. The summed E-state index contributed by atoms with van der Waals surface area (Å²) in [5, 5.41) is 14.4. The number of hydrogen-bond acceptors (Lipinski definition) is 9. The summed E-state index contributed by atoms with van der Waals surface area (Å²) < 4.78 is 32.1. The molecule has 0 aliphatic carbocycles. The van der Waals surface area contributed by atoms with E-state index in [2.05, 4.69) is 25.2 Å². The number of benzene rings is 2. The summed E-state index contributed by atoms with van der Waals surface area (Å²) in [5.74, 6) is -0.151. The zero-order chi connectivity index (χ0) is 21.1. The van der Waals surface area contributed by atoms with E-state index >= 15 is 0 Å². The maximum atomic E-state index is 12.4. The van der Waals surface area contributed by atoms with Crippen molar-refractivity contribution in [3.8, 4) is 0 Å². The smallest absolute Gasteiger partial charge is 0.359 e. The number of aromatic nitrogens is 3. The first-order valence-electron chi connectivity index (χ1n) is 8.61. The Balaban J connectivity index is 1.61. The number of sulfonamides is 1. The highest BCUT2D eigenvalue weighted by Gasteiger charge is 2.17. The molecule has 152 valence electrons. The molecule has 2 heterocycles. The monoisotopic (exact) mass is 441 g/mol. The minimum absolute atomic E-state index is 0.0974. The molecular formula is C19H15N5O4S2. The van der Waals surface area contributed by atoms with Crippen LogP contribution in [0.1, 0.15) is 10.5 Å². The molecule has 0 aliphatic heterocycles. The zero-order valence-electron chi connectivity index (χ0n) is 15.6. The number of rotatable bonds is 6. The molecule has 0 radical (unpaired) electrons. The Morgan fingerprint density at radius 1 is 1.03 bits per heavy atom. The van der Waals surface area contributed by atoms with Crippen LogP contribution in [0.3, 0.4) is 0 Å². The lowest BCUT2D eigenvalue weighted by atomic mass is 10.1. The second-order valence-corrected chi connectivity index (χ2v) is 8.60. The molecule has 0 spiro atoms. The summed E-state index contributed by atoms with van der Waals surface area (Å²) >= 11 is 1.19. The highest BCUT2D eigenvalue weighted by atomic mass is 32.2. The van der Waals surface area contributed by atoms with Gasteiger partial charge in [-0.2, -0.15) is 0 Å². The number of carbonyl (C=O) groups excluding carboxylic acids is 1. The fraction of sp³-hybridized carbons (Fsp3) is 0.0526. The standard InChI is InChI=1S/C19H15N5O4S2/c1-28-18(25)16-14-4-2-3-5-15(14)17(23-22-16)21-12-6-8-13(9-7-12)30(26,27)24-19-20-10-11-29-19/h2-11H,1H3,(H,20,24)(H,21,23). The van der Waals surface area contributed by atoms with Gasteiger partial charge >= 0.3 is 5.97 Å². The molecule has 0 saturated carbocycles. The van der Waals surface area contributed by atoms with Crippen molar-refractivity contribution in [2.24, 2.45) is 0 Å². The Morgan fingerprint density at radius 2 is 1.77 bits per heavy atom. The molecule has 4 aromatic rings. The first kappa shape index (κ1) is 19.7. The number of ether oxygens (including phenoxy) is 1. The van der Waals surface area contributed by atoms with Crippen molar-refractivity contribution in [2.45, 2.75) is 4.90 Å². The van der Waals surface area contributed by atoms with Crippen molar-refractivity contribution < 1.29 is 17.9 Å². The molecule has 0 unspecified atom stereocenters. The number of carbonyl (C=O) groups is 1. The average molecular weight is 441 g/mol. The molecule has 0 amide bonds. The van der Waals surface area contributed by atoms with E-state index in [-0.39, 0.29) is 10.6 Å². The Kier molecular flexibility index (Phi) is 5.29. The van der Waals surface area contributed by atoms with E-state index in [0.717, 1.165) is 0 Å². The van der Waals surface area contributed by atoms with Crippen LogP contribution in [-0.4, -0.2) is 36.7 Å². The Labute approximate surface area is 175 Å². The lowest BCUT2D eigenvalue weighted by molar-refractivity contribution is 0.0595. The second kappa shape index (κ2) is 8.05. The van der Waals surface area contributed by atoms with E-state index < -0.39 is 16.0 Å². The molecule has 0 aliphatic rings. The number of hydrogen-bond donors (Lipinski definition) is 2. The fourth-order valence-corrected chi connectivity index (χ4v) is 4.53. The largest absolute Gasteiger partial charge is 0.464 e. The third kappa shape index (κ3) is 3.93.